The number of nitrogens with zero attached hydrogens (tertiary/aromatic N) is 2. The molecular formula is C14H9F3N2O6. The molecule has 0 unspecified atom stereocenters. The lowest BCUT2D eigenvalue weighted by Crippen LogP contribution is -2.38. The maximum Gasteiger partial charge on any atom is 0.479 e. The molecule has 2 rings (SSSR count). The van der Waals surface area contributed by atoms with E-state index in [1.54, 1.807) is 0 Å². The number of ether oxygens (including phenoxy) is 1. The predicted molar refractivity (Wildman–Crippen MR) is 75.1 cm³/mol. The number of aromatic nitrogens is 1. The summed E-state index contributed by atoms with van der Waals surface area (Å²) in [6, 6.07) is 3.14. The highest BCUT2D eigenvalue weighted by atomic mass is 19.4. The van der Waals surface area contributed by atoms with Gasteiger partial charge >= 0.3 is 17.6 Å². The Hall–Kier alpha value is -3.37. The molecule has 0 aliphatic carbocycles. The van der Waals surface area contributed by atoms with E-state index in [4.69, 9.17) is 0 Å². The molecule has 0 saturated carbocycles. The fraction of sp³-hybridized carbons (Fsp3) is 0.143. The average molecular weight is 358 g/mol. The molecule has 0 atom stereocenters. The molecule has 1 aromatic heterocycles. The van der Waals surface area contributed by atoms with Gasteiger partial charge in [0.05, 0.1) is 12.0 Å². The number of carbonyl (C=O) groups excluding carboxylic acids is 1. The van der Waals surface area contributed by atoms with E-state index in [9.17, 15) is 38.4 Å². The molecule has 0 spiro atoms. The van der Waals surface area contributed by atoms with Crippen molar-refractivity contribution in [2.45, 2.75) is 6.18 Å². The molecule has 132 valence electrons. The van der Waals surface area contributed by atoms with E-state index in [-0.39, 0.29) is 0 Å². The van der Waals surface area contributed by atoms with E-state index in [1.807, 2.05) is 0 Å². The highest BCUT2D eigenvalue weighted by Gasteiger charge is 2.44. The summed E-state index contributed by atoms with van der Waals surface area (Å²) in [5.41, 5.74) is -4.23. The minimum absolute atomic E-state index is 0.475. The van der Waals surface area contributed by atoms with Gasteiger partial charge < -0.3 is 15.1 Å². The molecule has 11 heteroatoms. The molecule has 0 bridgehead atoms. The van der Waals surface area contributed by atoms with Crippen molar-refractivity contribution < 1.29 is 37.5 Å². The van der Waals surface area contributed by atoms with Crippen molar-refractivity contribution in [2.24, 2.45) is 0 Å². The van der Waals surface area contributed by atoms with Gasteiger partial charge in [-0.05, 0) is 12.1 Å². The van der Waals surface area contributed by atoms with Crippen LogP contribution >= 0.6 is 0 Å². The maximum absolute atomic E-state index is 13.1. The van der Waals surface area contributed by atoms with Crippen LogP contribution in [0.4, 0.5) is 18.9 Å². The van der Waals surface area contributed by atoms with Gasteiger partial charge in [-0.2, -0.15) is 17.9 Å². The Morgan fingerprint density at radius 2 is 2.00 bits per heavy atom. The summed E-state index contributed by atoms with van der Waals surface area (Å²) in [7, 11) is 1.04. The number of nitro groups is 1. The van der Waals surface area contributed by atoms with Crippen molar-refractivity contribution in [3.63, 3.8) is 0 Å². The summed E-state index contributed by atoms with van der Waals surface area (Å²) in [6.07, 6.45) is -4.56. The number of hydrogen-bond acceptors (Lipinski definition) is 6. The first-order chi connectivity index (χ1) is 11.6. The van der Waals surface area contributed by atoms with E-state index >= 15 is 0 Å². The number of halogens is 3. The third-order valence-corrected chi connectivity index (χ3v) is 3.21. The third-order valence-electron chi connectivity index (χ3n) is 3.21. The first kappa shape index (κ1) is 18.0. The number of nitro benzene ring substituents is 1. The molecule has 0 aliphatic heterocycles. The Kier molecular flexibility index (Phi) is 4.50. The van der Waals surface area contributed by atoms with Gasteiger partial charge in [-0.1, -0.05) is 0 Å². The van der Waals surface area contributed by atoms with Gasteiger partial charge in [0.15, 0.2) is 17.7 Å². The Morgan fingerprint density at radius 1 is 1.36 bits per heavy atom. The SMILES string of the molecule is COc1cc(C(=O)c2ccc[n+]([O-])c2C(F)(F)F)cc([N+](=O)[O-])c1O. The van der Waals surface area contributed by atoms with Crippen LogP contribution in [0.15, 0.2) is 30.5 Å². The Bertz CT molecular complexity index is 866. The zero-order valence-electron chi connectivity index (χ0n) is 12.4. The number of ketones is 1. The van der Waals surface area contributed by atoms with Gasteiger partial charge in [0.2, 0.25) is 5.75 Å². The molecule has 0 aliphatic rings. The number of methoxy groups -OCH3 is 1. The predicted octanol–water partition coefficient (Wildman–Crippen LogP) is 2.19. The van der Waals surface area contributed by atoms with E-state index in [2.05, 4.69) is 4.74 Å². The second-order valence-corrected chi connectivity index (χ2v) is 4.73. The minimum atomic E-state index is -5.12. The summed E-state index contributed by atoms with van der Waals surface area (Å²) in [5.74, 6) is -2.65. The van der Waals surface area contributed by atoms with Gasteiger partial charge in [-0.3, -0.25) is 14.9 Å². The van der Waals surface area contributed by atoms with Crippen molar-refractivity contribution in [1.29, 1.82) is 0 Å². The Labute approximate surface area is 137 Å². The number of aromatic hydroxyl groups is 1. The highest BCUT2D eigenvalue weighted by molar-refractivity contribution is 6.10. The van der Waals surface area contributed by atoms with Crippen LogP contribution in [0.5, 0.6) is 11.5 Å². The molecule has 0 radical (unpaired) electrons. The minimum Gasteiger partial charge on any atom is -0.618 e. The maximum atomic E-state index is 13.1. The van der Waals surface area contributed by atoms with Crippen LogP contribution in [0.2, 0.25) is 0 Å². The second kappa shape index (κ2) is 6.26. The first-order valence-corrected chi connectivity index (χ1v) is 6.47. The fourth-order valence-electron chi connectivity index (χ4n) is 2.12. The summed E-state index contributed by atoms with van der Waals surface area (Å²) >= 11 is 0. The van der Waals surface area contributed by atoms with E-state index in [0.717, 1.165) is 25.3 Å². The lowest BCUT2D eigenvalue weighted by molar-refractivity contribution is -0.629. The van der Waals surface area contributed by atoms with E-state index < -0.39 is 55.6 Å². The topological polar surface area (TPSA) is 117 Å². The number of pyridine rings is 1. The van der Waals surface area contributed by atoms with Crippen LogP contribution in [0.1, 0.15) is 21.6 Å². The molecule has 2 aromatic rings. The monoisotopic (exact) mass is 358 g/mol. The van der Waals surface area contributed by atoms with Crippen LogP contribution in [-0.4, -0.2) is 22.9 Å². The summed E-state index contributed by atoms with van der Waals surface area (Å²) in [4.78, 5) is 22.3. The number of phenolic OH excluding ortho intramolecular Hbond substituents is 1. The van der Waals surface area contributed by atoms with Crippen LogP contribution < -0.4 is 9.47 Å². The smallest absolute Gasteiger partial charge is 0.479 e. The molecule has 0 saturated heterocycles. The zero-order valence-corrected chi connectivity index (χ0v) is 12.4. The standard InChI is InChI=1S/C14H9F3N2O6/c1-25-10-6-7(5-9(12(10)21)19(23)24)11(20)8-3-2-4-18(22)13(8)14(15,16)17/h2-6,21H,1H3. The number of phenols is 1. The van der Waals surface area contributed by atoms with Crippen LogP contribution in [0, 0.1) is 15.3 Å². The second-order valence-electron chi connectivity index (χ2n) is 4.73. The lowest BCUT2D eigenvalue weighted by Gasteiger charge is -2.12. The van der Waals surface area contributed by atoms with Crippen molar-refractivity contribution in [3.8, 4) is 11.5 Å². The number of hydrogen-bond donors (Lipinski definition) is 1. The molecule has 0 amide bonds. The zero-order chi connectivity index (χ0) is 18.9. The number of carbonyl (C=O) groups is 1. The molecule has 8 nitrogen and oxygen atoms in total. The van der Waals surface area contributed by atoms with Crippen molar-refractivity contribution in [1.82, 2.24) is 0 Å². The Balaban J connectivity index is 2.70. The summed E-state index contributed by atoms with van der Waals surface area (Å²) in [5, 5.41) is 32.0. The normalized spacial score (nSPS) is 11.2. The molecule has 0 fully saturated rings. The molecule has 1 N–H and O–H groups in total. The highest BCUT2D eigenvalue weighted by Crippen LogP contribution is 2.38. The number of rotatable bonds is 4. The largest absolute Gasteiger partial charge is 0.618 e. The fourth-order valence-corrected chi connectivity index (χ4v) is 2.12. The van der Waals surface area contributed by atoms with Gasteiger partial charge in [0.25, 0.3) is 0 Å². The number of alkyl halides is 3. The van der Waals surface area contributed by atoms with E-state index in [1.165, 1.54) is 0 Å². The molecule has 1 heterocycles. The number of benzene rings is 1. The van der Waals surface area contributed by atoms with Crippen LogP contribution in [0.25, 0.3) is 0 Å². The van der Waals surface area contributed by atoms with Gasteiger partial charge in [0, 0.05) is 17.7 Å². The van der Waals surface area contributed by atoms with Gasteiger partial charge in [-0.25, -0.2) is 0 Å². The van der Waals surface area contributed by atoms with Crippen molar-refractivity contribution in [3.05, 3.63) is 62.6 Å². The van der Waals surface area contributed by atoms with Gasteiger partial charge in [-0.15, -0.1) is 0 Å². The molecular weight excluding hydrogens is 349 g/mol. The average Bonchev–Trinajstić information content (AvgIpc) is 2.52. The molecule has 1 aromatic carbocycles. The van der Waals surface area contributed by atoms with Crippen molar-refractivity contribution in [2.75, 3.05) is 7.11 Å². The Morgan fingerprint density at radius 3 is 2.52 bits per heavy atom. The first-order valence-electron chi connectivity index (χ1n) is 6.47. The summed E-state index contributed by atoms with van der Waals surface area (Å²) in [6.45, 7) is 0. The van der Waals surface area contributed by atoms with Crippen LogP contribution in [-0.2, 0) is 6.18 Å². The lowest BCUT2D eigenvalue weighted by atomic mass is 10.0. The van der Waals surface area contributed by atoms with Crippen LogP contribution in [0.3, 0.4) is 0 Å². The third kappa shape index (κ3) is 3.29. The quantitative estimate of drug-likeness (QED) is 0.294. The summed E-state index contributed by atoms with van der Waals surface area (Å²) < 4.78 is 43.3. The van der Waals surface area contributed by atoms with Gasteiger partial charge in [0.1, 0.15) is 5.56 Å². The van der Waals surface area contributed by atoms with E-state index in [0.29, 0.717) is 12.3 Å². The van der Waals surface area contributed by atoms with Crippen molar-refractivity contribution >= 4 is 11.5 Å². The molecule has 25 heavy (non-hydrogen) atoms.